The van der Waals surface area contributed by atoms with E-state index in [2.05, 4.69) is 10.6 Å². The highest BCUT2D eigenvalue weighted by Crippen LogP contribution is 2.13. The minimum absolute atomic E-state index is 0.0412. The molecular formula is C14H22N2O3S. The lowest BCUT2D eigenvalue weighted by atomic mass is 9.95. The molecule has 5 nitrogen and oxygen atoms in total. The van der Waals surface area contributed by atoms with Crippen molar-refractivity contribution in [2.45, 2.75) is 38.6 Å². The number of hydrogen-bond acceptors (Lipinski definition) is 4. The molecule has 0 radical (unpaired) electrons. The Morgan fingerprint density at radius 2 is 2.20 bits per heavy atom. The Morgan fingerprint density at radius 1 is 1.45 bits per heavy atom. The van der Waals surface area contributed by atoms with E-state index in [9.17, 15) is 9.59 Å². The van der Waals surface area contributed by atoms with Crippen LogP contribution in [0.5, 0.6) is 0 Å². The fraction of sp³-hybridized carbons (Fsp3) is 0.571. The van der Waals surface area contributed by atoms with Crippen LogP contribution in [-0.4, -0.2) is 35.6 Å². The Balaban J connectivity index is 2.31. The second kappa shape index (κ2) is 8.01. The van der Waals surface area contributed by atoms with Crippen molar-refractivity contribution < 1.29 is 14.7 Å². The van der Waals surface area contributed by atoms with Gasteiger partial charge in [-0.25, -0.2) is 0 Å². The number of hydrogen-bond donors (Lipinski definition) is 3. The third-order valence-corrected chi connectivity index (χ3v) is 3.99. The number of aliphatic hydroxyl groups excluding tert-OH is 1. The summed E-state index contributed by atoms with van der Waals surface area (Å²) in [6, 6.07) is 1.75. The Bertz CT molecular complexity index is 434. The summed E-state index contributed by atoms with van der Waals surface area (Å²) in [6.45, 7) is 4.22. The van der Waals surface area contributed by atoms with Gasteiger partial charge >= 0.3 is 0 Å². The quantitative estimate of drug-likeness (QED) is 0.681. The van der Waals surface area contributed by atoms with E-state index in [4.69, 9.17) is 5.11 Å². The molecule has 0 aliphatic heterocycles. The smallest absolute Gasteiger partial charge is 0.252 e. The van der Waals surface area contributed by atoms with Crippen LogP contribution in [0.3, 0.4) is 0 Å². The van der Waals surface area contributed by atoms with Gasteiger partial charge in [0.2, 0.25) is 5.91 Å². The zero-order valence-electron chi connectivity index (χ0n) is 11.9. The molecule has 3 N–H and O–H groups in total. The molecule has 6 heteroatoms. The van der Waals surface area contributed by atoms with Gasteiger partial charge in [-0.2, -0.15) is 11.3 Å². The molecule has 0 saturated carbocycles. The van der Waals surface area contributed by atoms with Gasteiger partial charge in [-0.15, -0.1) is 0 Å². The number of amides is 2. The Labute approximate surface area is 123 Å². The highest BCUT2D eigenvalue weighted by Gasteiger charge is 2.23. The van der Waals surface area contributed by atoms with Crippen LogP contribution in [0.1, 0.15) is 43.5 Å². The molecule has 1 heterocycles. The van der Waals surface area contributed by atoms with E-state index in [0.717, 1.165) is 6.42 Å². The Kier molecular flexibility index (Phi) is 6.67. The summed E-state index contributed by atoms with van der Waals surface area (Å²) in [5.41, 5.74) is 0.234. The molecule has 0 fully saturated rings. The summed E-state index contributed by atoms with van der Waals surface area (Å²) in [5.74, 6) is -0.277. The predicted molar refractivity (Wildman–Crippen MR) is 79.8 cm³/mol. The van der Waals surface area contributed by atoms with Gasteiger partial charge in [0.25, 0.3) is 5.91 Å². The zero-order valence-corrected chi connectivity index (χ0v) is 12.8. The lowest BCUT2D eigenvalue weighted by molar-refractivity contribution is -0.122. The van der Waals surface area contributed by atoms with Gasteiger partial charge in [0.05, 0.1) is 0 Å². The summed E-state index contributed by atoms with van der Waals surface area (Å²) in [7, 11) is 0. The molecule has 1 rings (SSSR count). The number of thiophene rings is 1. The molecule has 1 atom stereocenters. The molecule has 0 saturated heterocycles. The maximum Gasteiger partial charge on any atom is 0.252 e. The van der Waals surface area contributed by atoms with Gasteiger partial charge in [-0.05, 0) is 31.2 Å². The summed E-state index contributed by atoms with van der Waals surface area (Å²) >= 11 is 1.46. The normalized spacial score (nSPS) is 13.6. The summed E-state index contributed by atoms with van der Waals surface area (Å²) in [4.78, 5) is 23.5. The lowest BCUT2D eigenvalue weighted by Gasteiger charge is -2.29. The van der Waals surface area contributed by atoms with Crippen molar-refractivity contribution in [2.75, 3.05) is 13.2 Å². The van der Waals surface area contributed by atoms with E-state index < -0.39 is 0 Å². The van der Waals surface area contributed by atoms with Crippen molar-refractivity contribution in [3.8, 4) is 0 Å². The summed E-state index contributed by atoms with van der Waals surface area (Å²) in [6.07, 6.45) is 1.51. The van der Waals surface area contributed by atoms with E-state index >= 15 is 0 Å². The topological polar surface area (TPSA) is 78.4 Å². The van der Waals surface area contributed by atoms with Crippen LogP contribution in [0.4, 0.5) is 0 Å². The van der Waals surface area contributed by atoms with E-state index in [1.807, 2.05) is 19.2 Å². The number of aliphatic hydroxyl groups is 1. The first-order valence-electron chi connectivity index (χ1n) is 6.73. The van der Waals surface area contributed by atoms with Crippen molar-refractivity contribution in [3.05, 3.63) is 22.4 Å². The third-order valence-electron chi connectivity index (χ3n) is 3.31. The standard InChI is InChI=1S/C14H22N2O3S/c1-3-14(2,6-8-17)16-12(18)4-7-15-13(19)11-5-9-20-10-11/h5,9-10,17H,3-4,6-8H2,1-2H3,(H,15,19)(H,16,18). The molecule has 20 heavy (non-hydrogen) atoms. The minimum Gasteiger partial charge on any atom is -0.396 e. The van der Waals surface area contributed by atoms with E-state index in [-0.39, 0.29) is 30.4 Å². The molecule has 0 spiro atoms. The maximum absolute atomic E-state index is 11.8. The number of carbonyl (C=O) groups excluding carboxylic acids is 2. The van der Waals surface area contributed by atoms with Gasteiger partial charge < -0.3 is 15.7 Å². The Morgan fingerprint density at radius 3 is 2.75 bits per heavy atom. The maximum atomic E-state index is 11.8. The summed E-state index contributed by atoms with van der Waals surface area (Å²) < 4.78 is 0. The zero-order chi connectivity index (χ0) is 15.0. The van der Waals surface area contributed by atoms with E-state index in [1.165, 1.54) is 11.3 Å². The second-order valence-electron chi connectivity index (χ2n) is 4.95. The van der Waals surface area contributed by atoms with Crippen molar-refractivity contribution >= 4 is 23.2 Å². The van der Waals surface area contributed by atoms with Crippen molar-refractivity contribution in [1.82, 2.24) is 10.6 Å². The molecule has 112 valence electrons. The first-order valence-corrected chi connectivity index (χ1v) is 7.67. The highest BCUT2D eigenvalue weighted by atomic mass is 32.1. The molecule has 0 aliphatic rings. The monoisotopic (exact) mass is 298 g/mol. The first-order chi connectivity index (χ1) is 9.50. The lowest BCUT2D eigenvalue weighted by Crippen LogP contribution is -2.46. The number of nitrogens with one attached hydrogen (secondary N) is 2. The number of rotatable bonds is 8. The molecular weight excluding hydrogens is 276 g/mol. The van der Waals surface area contributed by atoms with Gasteiger partial charge in [0.15, 0.2) is 0 Å². The van der Waals surface area contributed by atoms with Crippen LogP contribution in [0, 0.1) is 0 Å². The average molecular weight is 298 g/mol. The molecule has 1 unspecified atom stereocenters. The SMILES string of the molecule is CCC(C)(CCO)NC(=O)CCNC(=O)c1ccsc1. The molecule has 0 aromatic carbocycles. The van der Waals surface area contributed by atoms with Crippen LogP contribution < -0.4 is 10.6 Å². The Hall–Kier alpha value is -1.40. The van der Waals surface area contributed by atoms with Crippen LogP contribution in [0.2, 0.25) is 0 Å². The second-order valence-corrected chi connectivity index (χ2v) is 5.73. The van der Waals surface area contributed by atoms with Gasteiger partial charge in [0.1, 0.15) is 0 Å². The fourth-order valence-corrected chi connectivity index (χ4v) is 2.39. The van der Waals surface area contributed by atoms with E-state index in [0.29, 0.717) is 18.5 Å². The first kappa shape index (κ1) is 16.7. The van der Waals surface area contributed by atoms with Gasteiger partial charge in [0, 0.05) is 36.1 Å². The average Bonchev–Trinajstić information content (AvgIpc) is 2.92. The van der Waals surface area contributed by atoms with Crippen molar-refractivity contribution in [3.63, 3.8) is 0 Å². The third kappa shape index (κ3) is 5.30. The van der Waals surface area contributed by atoms with Crippen LogP contribution in [0.15, 0.2) is 16.8 Å². The van der Waals surface area contributed by atoms with Gasteiger partial charge in [-0.3, -0.25) is 9.59 Å². The molecule has 0 bridgehead atoms. The van der Waals surface area contributed by atoms with Crippen LogP contribution in [0.25, 0.3) is 0 Å². The number of carbonyl (C=O) groups is 2. The van der Waals surface area contributed by atoms with Gasteiger partial charge in [-0.1, -0.05) is 6.92 Å². The minimum atomic E-state index is -0.386. The fourth-order valence-electron chi connectivity index (χ4n) is 1.76. The molecule has 2 amide bonds. The largest absolute Gasteiger partial charge is 0.396 e. The van der Waals surface area contributed by atoms with Crippen molar-refractivity contribution in [1.29, 1.82) is 0 Å². The molecule has 0 aliphatic carbocycles. The molecule has 1 aromatic heterocycles. The van der Waals surface area contributed by atoms with Crippen LogP contribution in [-0.2, 0) is 4.79 Å². The molecule has 1 aromatic rings. The highest BCUT2D eigenvalue weighted by molar-refractivity contribution is 7.08. The predicted octanol–water partition coefficient (Wildman–Crippen LogP) is 1.54. The van der Waals surface area contributed by atoms with E-state index in [1.54, 1.807) is 11.4 Å². The van der Waals surface area contributed by atoms with Crippen molar-refractivity contribution in [2.24, 2.45) is 0 Å². The van der Waals surface area contributed by atoms with Crippen LogP contribution >= 0.6 is 11.3 Å². The summed E-state index contributed by atoms with van der Waals surface area (Å²) in [5, 5.41) is 18.2.